The number of ether oxygens (including phenoxy) is 1. The van der Waals surface area contributed by atoms with E-state index in [0.717, 1.165) is 17.7 Å². The fraction of sp³-hybridized carbons (Fsp3) is 0.500. The van der Waals surface area contributed by atoms with Crippen LogP contribution < -0.4 is 5.32 Å². The summed E-state index contributed by atoms with van der Waals surface area (Å²) in [5.74, 6) is 0. The molecule has 0 saturated carbocycles. The number of morpholine rings is 1. The zero-order valence-corrected chi connectivity index (χ0v) is 11.0. The van der Waals surface area contributed by atoms with E-state index in [9.17, 15) is 4.79 Å². The molecule has 1 saturated heterocycles. The van der Waals surface area contributed by atoms with Crippen LogP contribution in [-0.2, 0) is 11.2 Å². The second kappa shape index (κ2) is 5.87. The van der Waals surface area contributed by atoms with Crippen molar-refractivity contribution in [1.29, 1.82) is 0 Å². The normalized spacial score (nSPS) is 15.6. The van der Waals surface area contributed by atoms with E-state index in [0.29, 0.717) is 26.3 Å². The minimum absolute atomic E-state index is 0.0256. The number of hydrogen-bond donors (Lipinski definition) is 1. The molecule has 4 heteroatoms. The topological polar surface area (TPSA) is 41.6 Å². The Labute approximate surface area is 108 Å². The Morgan fingerprint density at radius 1 is 1.39 bits per heavy atom. The van der Waals surface area contributed by atoms with Crippen molar-refractivity contribution in [2.75, 3.05) is 31.6 Å². The Bertz CT molecular complexity index is 426. The lowest BCUT2D eigenvalue weighted by Crippen LogP contribution is -2.43. The van der Waals surface area contributed by atoms with E-state index in [4.69, 9.17) is 4.74 Å². The SMILES string of the molecule is CCc1cccc(C)c1NC(=O)N1CCOCC1. The van der Waals surface area contributed by atoms with Gasteiger partial charge < -0.3 is 15.0 Å². The smallest absolute Gasteiger partial charge is 0.322 e. The summed E-state index contributed by atoms with van der Waals surface area (Å²) >= 11 is 0. The van der Waals surface area contributed by atoms with E-state index in [1.54, 1.807) is 4.90 Å². The molecular formula is C14H20N2O2. The second-order valence-corrected chi connectivity index (χ2v) is 4.49. The number of hydrogen-bond acceptors (Lipinski definition) is 2. The maximum absolute atomic E-state index is 12.1. The summed E-state index contributed by atoms with van der Waals surface area (Å²) < 4.78 is 5.25. The minimum Gasteiger partial charge on any atom is -0.378 e. The van der Waals surface area contributed by atoms with Gasteiger partial charge >= 0.3 is 6.03 Å². The zero-order valence-electron chi connectivity index (χ0n) is 11.0. The summed E-state index contributed by atoms with van der Waals surface area (Å²) in [5.41, 5.74) is 3.24. The highest BCUT2D eigenvalue weighted by atomic mass is 16.5. The molecule has 98 valence electrons. The van der Waals surface area contributed by atoms with Crippen LogP contribution in [0.5, 0.6) is 0 Å². The van der Waals surface area contributed by atoms with Crippen molar-refractivity contribution in [3.63, 3.8) is 0 Å². The van der Waals surface area contributed by atoms with Crippen molar-refractivity contribution >= 4 is 11.7 Å². The lowest BCUT2D eigenvalue weighted by atomic mass is 10.1. The van der Waals surface area contributed by atoms with Gasteiger partial charge in [-0.3, -0.25) is 0 Å². The molecule has 0 aromatic heterocycles. The minimum atomic E-state index is -0.0256. The van der Waals surface area contributed by atoms with E-state index < -0.39 is 0 Å². The average molecular weight is 248 g/mol. The number of nitrogens with one attached hydrogen (secondary N) is 1. The average Bonchev–Trinajstić information content (AvgIpc) is 2.42. The lowest BCUT2D eigenvalue weighted by Gasteiger charge is -2.27. The van der Waals surface area contributed by atoms with Crippen molar-refractivity contribution in [3.05, 3.63) is 29.3 Å². The van der Waals surface area contributed by atoms with E-state index in [1.165, 1.54) is 5.56 Å². The molecule has 4 nitrogen and oxygen atoms in total. The Balaban J connectivity index is 2.10. The summed E-state index contributed by atoms with van der Waals surface area (Å²) in [5, 5.41) is 3.03. The van der Waals surface area contributed by atoms with Gasteiger partial charge in [-0.1, -0.05) is 25.1 Å². The van der Waals surface area contributed by atoms with Gasteiger partial charge in [0.2, 0.25) is 0 Å². The first-order valence-corrected chi connectivity index (χ1v) is 6.44. The third kappa shape index (κ3) is 2.82. The number of rotatable bonds is 2. The Kier molecular flexibility index (Phi) is 4.20. The van der Waals surface area contributed by atoms with Gasteiger partial charge in [-0.25, -0.2) is 4.79 Å². The van der Waals surface area contributed by atoms with Gasteiger partial charge in [0.1, 0.15) is 0 Å². The molecule has 1 aliphatic heterocycles. The summed E-state index contributed by atoms with van der Waals surface area (Å²) in [4.78, 5) is 13.9. The van der Waals surface area contributed by atoms with Crippen LogP contribution >= 0.6 is 0 Å². The molecule has 2 amide bonds. The Hall–Kier alpha value is -1.55. The summed E-state index contributed by atoms with van der Waals surface area (Å²) in [6.07, 6.45) is 0.917. The molecule has 0 atom stereocenters. The van der Waals surface area contributed by atoms with Gasteiger partial charge in [-0.15, -0.1) is 0 Å². The summed E-state index contributed by atoms with van der Waals surface area (Å²) in [6.45, 7) is 6.70. The van der Waals surface area contributed by atoms with Crippen molar-refractivity contribution in [3.8, 4) is 0 Å². The predicted molar refractivity (Wildman–Crippen MR) is 72.0 cm³/mol. The first-order chi connectivity index (χ1) is 8.72. The molecule has 1 heterocycles. The van der Waals surface area contributed by atoms with E-state index in [1.807, 2.05) is 19.1 Å². The molecule has 1 aliphatic rings. The van der Waals surface area contributed by atoms with Gasteiger partial charge in [-0.05, 0) is 24.5 Å². The van der Waals surface area contributed by atoms with Gasteiger partial charge in [0.05, 0.1) is 13.2 Å². The van der Waals surface area contributed by atoms with Crippen LogP contribution in [0.4, 0.5) is 10.5 Å². The summed E-state index contributed by atoms with van der Waals surface area (Å²) in [7, 11) is 0. The molecular weight excluding hydrogens is 228 g/mol. The fourth-order valence-electron chi connectivity index (χ4n) is 2.15. The molecule has 1 N–H and O–H groups in total. The third-order valence-corrected chi connectivity index (χ3v) is 3.27. The molecule has 18 heavy (non-hydrogen) atoms. The molecule has 0 bridgehead atoms. The summed E-state index contributed by atoms with van der Waals surface area (Å²) in [6, 6.07) is 6.08. The van der Waals surface area contributed by atoms with Crippen LogP contribution in [-0.4, -0.2) is 37.2 Å². The maximum Gasteiger partial charge on any atom is 0.322 e. The predicted octanol–water partition coefficient (Wildman–Crippen LogP) is 2.42. The number of carbonyl (C=O) groups excluding carboxylic acids is 1. The van der Waals surface area contributed by atoms with Crippen LogP contribution in [0.1, 0.15) is 18.1 Å². The zero-order chi connectivity index (χ0) is 13.0. The monoisotopic (exact) mass is 248 g/mol. The van der Waals surface area contributed by atoms with Gasteiger partial charge in [0.25, 0.3) is 0 Å². The van der Waals surface area contributed by atoms with E-state index in [2.05, 4.69) is 18.3 Å². The van der Waals surface area contributed by atoms with Gasteiger partial charge in [-0.2, -0.15) is 0 Å². The molecule has 0 unspecified atom stereocenters. The number of anilines is 1. The maximum atomic E-state index is 12.1. The number of nitrogens with zero attached hydrogens (tertiary/aromatic N) is 1. The molecule has 1 aromatic carbocycles. The molecule has 2 rings (SSSR count). The lowest BCUT2D eigenvalue weighted by molar-refractivity contribution is 0.0564. The van der Waals surface area contributed by atoms with Crippen LogP contribution in [0, 0.1) is 6.92 Å². The van der Waals surface area contributed by atoms with Crippen LogP contribution in [0.15, 0.2) is 18.2 Å². The molecule has 1 fully saturated rings. The van der Waals surface area contributed by atoms with Crippen molar-refractivity contribution in [1.82, 2.24) is 4.90 Å². The van der Waals surface area contributed by atoms with E-state index >= 15 is 0 Å². The Morgan fingerprint density at radius 2 is 2.11 bits per heavy atom. The van der Waals surface area contributed by atoms with Crippen molar-refractivity contribution in [2.24, 2.45) is 0 Å². The standard InChI is InChI=1S/C14H20N2O2/c1-3-12-6-4-5-11(2)13(12)15-14(17)16-7-9-18-10-8-16/h4-6H,3,7-10H2,1-2H3,(H,15,17). The largest absolute Gasteiger partial charge is 0.378 e. The first-order valence-electron chi connectivity index (χ1n) is 6.44. The molecule has 0 radical (unpaired) electrons. The first kappa shape index (κ1) is 12.9. The van der Waals surface area contributed by atoms with Crippen LogP contribution in [0.2, 0.25) is 0 Å². The fourth-order valence-corrected chi connectivity index (χ4v) is 2.15. The quantitative estimate of drug-likeness (QED) is 0.873. The van der Waals surface area contributed by atoms with Crippen molar-refractivity contribution < 1.29 is 9.53 Å². The number of carbonyl (C=O) groups is 1. The van der Waals surface area contributed by atoms with Gasteiger partial charge in [0.15, 0.2) is 0 Å². The number of benzene rings is 1. The van der Waals surface area contributed by atoms with E-state index in [-0.39, 0.29) is 6.03 Å². The van der Waals surface area contributed by atoms with Crippen molar-refractivity contribution in [2.45, 2.75) is 20.3 Å². The highest BCUT2D eigenvalue weighted by molar-refractivity contribution is 5.91. The highest BCUT2D eigenvalue weighted by Crippen LogP contribution is 2.21. The Morgan fingerprint density at radius 3 is 2.78 bits per heavy atom. The number of para-hydroxylation sites is 1. The highest BCUT2D eigenvalue weighted by Gasteiger charge is 2.18. The molecule has 1 aromatic rings. The van der Waals surface area contributed by atoms with Crippen LogP contribution in [0.25, 0.3) is 0 Å². The number of urea groups is 1. The van der Waals surface area contributed by atoms with Crippen LogP contribution in [0.3, 0.4) is 0 Å². The second-order valence-electron chi connectivity index (χ2n) is 4.49. The molecule has 0 spiro atoms. The number of aryl methyl sites for hydroxylation is 2. The third-order valence-electron chi connectivity index (χ3n) is 3.27. The molecule has 0 aliphatic carbocycles. The van der Waals surface area contributed by atoms with Gasteiger partial charge in [0, 0.05) is 18.8 Å². The number of amides is 2.